The molecule has 0 unspecified atom stereocenters. The van der Waals surface area contributed by atoms with E-state index in [9.17, 15) is 9.59 Å². The number of amides is 2. The Hall–Kier alpha value is -2.31. The molecule has 1 heterocycles. The van der Waals surface area contributed by atoms with E-state index < -0.39 is 10.3 Å². The molecule has 0 aromatic heterocycles. The second-order valence-corrected chi connectivity index (χ2v) is 14.4. The lowest BCUT2D eigenvalue weighted by atomic mass is 10.1. The van der Waals surface area contributed by atoms with Crippen LogP contribution in [0.25, 0.3) is 0 Å². The van der Waals surface area contributed by atoms with Crippen molar-refractivity contribution in [2.24, 2.45) is 5.92 Å². The number of hydrogen-bond donors (Lipinski definition) is 0. The molecule has 0 atom stereocenters. The molecule has 0 N–H and O–H groups in total. The lowest BCUT2D eigenvalue weighted by Crippen LogP contribution is -2.38. The van der Waals surface area contributed by atoms with E-state index in [1.807, 2.05) is 70.5 Å². The van der Waals surface area contributed by atoms with Crippen LogP contribution in [0.15, 0.2) is 60.7 Å². The number of benzene rings is 2. The fourth-order valence-electron chi connectivity index (χ4n) is 3.87. The predicted molar refractivity (Wildman–Crippen MR) is 142 cm³/mol. The van der Waals surface area contributed by atoms with Crippen molar-refractivity contribution in [3.8, 4) is 0 Å². The van der Waals surface area contributed by atoms with Gasteiger partial charge in [0, 0.05) is 36.8 Å². The highest BCUT2D eigenvalue weighted by Gasteiger charge is 2.32. The molecule has 34 heavy (non-hydrogen) atoms. The van der Waals surface area contributed by atoms with E-state index in [1.54, 1.807) is 0 Å². The number of rotatable bonds is 7. The molecule has 1 fully saturated rings. The molecule has 1 aliphatic rings. The molecule has 186 valence electrons. The Kier molecular flexibility index (Phi) is 8.83. The van der Waals surface area contributed by atoms with Crippen molar-refractivity contribution in [1.82, 2.24) is 9.80 Å². The van der Waals surface area contributed by atoms with Crippen LogP contribution in [-0.2, 0) is 26.6 Å². The first-order chi connectivity index (χ1) is 16.0. The minimum Gasteiger partial charge on any atom is -0.340 e. The summed E-state index contributed by atoms with van der Waals surface area (Å²) in [5.41, 5.74) is 2.03. The van der Waals surface area contributed by atoms with Crippen LogP contribution in [-0.4, -0.2) is 71.7 Å². The van der Waals surface area contributed by atoms with Crippen molar-refractivity contribution >= 4 is 22.1 Å². The molecule has 5 nitrogen and oxygen atoms in total. The molecule has 0 radical (unpaired) electrons. The van der Waals surface area contributed by atoms with Gasteiger partial charge in [-0.2, -0.15) is 0 Å². The maximum Gasteiger partial charge on any atom is 0.227 e. The van der Waals surface area contributed by atoms with Gasteiger partial charge in [0.2, 0.25) is 11.8 Å². The summed E-state index contributed by atoms with van der Waals surface area (Å²) in [4.78, 5) is 30.2. The Balaban J connectivity index is 1.72. The molecule has 1 saturated heterocycles. The SMILES string of the molecule is CC(C)(C)S(C)(C)OCC1CN(C(=O)Cc2ccccc2)CCN(C(=O)Cc2ccccc2)C1. The van der Waals surface area contributed by atoms with Gasteiger partial charge >= 0.3 is 0 Å². The zero-order valence-electron chi connectivity index (χ0n) is 21.3. The van der Waals surface area contributed by atoms with Crippen molar-refractivity contribution < 1.29 is 13.8 Å². The Morgan fingerprint density at radius 1 is 0.824 bits per heavy atom. The van der Waals surface area contributed by atoms with E-state index in [2.05, 4.69) is 33.3 Å². The van der Waals surface area contributed by atoms with Crippen LogP contribution < -0.4 is 0 Å². The molecule has 0 aliphatic carbocycles. The summed E-state index contributed by atoms with van der Waals surface area (Å²) >= 11 is 0. The largest absolute Gasteiger partial charge is 0.340 e. The highest BCUT2D eigenvalue weighted by atomic mass is 32.3. The second kappa shape index (κ2) is 11.4. The standard InChI is InChI=1S/C28H40N2O3S/c1-28(2,3)34(4,5)33-22-25-20-29(26(31)18-23-12-8-6-9-13-23)16-17-30(21-25)27(32)19-24-14-10-7-11-15-24/h6-15,25H,16-22H2,1-5H3. The van der Waals surface area contributed by atoms with Crippen LogP contribution in [0, 0.1) is 5.92 Å². The minimum atomic E-state index is -1.29. The Bertz CT molecular complexity index is 878. The monoisotopic (exact) mass is 484 g/mol. The highest BCUT2D eigenvalue weighted by Crippen LogP contribution is 2.53. The molecule has 3 rings (SSSR count). The van der Waals surface area contributed by atoms with E-state index in [4.69, 9.17) is 4.18 Å². The number of hydrogen-bond acceptors (Lipinski definition) is 3. The first-order valence-electron chi connectivity index (χ1n) is 12.1. The Morgan fingerprint density at radius 3 is 1.62 bits per heavy atom. The van der Waals surface area contributed by atoms with Gasteiger partial charge in [-0.15, -0.1) is 10.3 Å². The molecular weight excluding hydrogens is 444 g/mol. The molecule has 2 aromatic carbocycles. The highest BCUT2D eigenvalue weighted by molar-refractivity contribution is 8.29. The molecule has 6 heteroatoms. The third-order valence-corrected chi connectivity index (χ3v) is 10.4. The molecule has 1 aliphatic heterocycles. The summed E-state index contributed by atoms with van der Waals surface area (Å²) in [5, 5.41) is 0. The van der Waals surface area contributed by atoms with E-state index >= 15 is 0 Å². The van der Waals surface area contributed by atoms with Gasteiger partial charge in [-0.3, -0.25) is 9.59 Å². The Morgan fingerprint density at radius 2 is 1.24 bits per heavy atom. The quantitative estimate of drug-likeness (QED) is 0.579. The van der Waals surface area contributed by atoms with Gasteiger partial charge in [-0.1, -0.05) is 81.4 Å². The summed E-state index contributed by atoms with van der Waals surface area (Å²) < 4.78 is 6.55. The van der Waals surface area contributed by atoms with Gasteiger partial charge < -0.3 is 14.0 Å². The van der Waals surface area contributed by atoms with E-state index in [-0.39, 0.29) is 22.5 Å². The summed E-state index contributed by atoms with van der Waals surface area (Å²) in [5.74, 6) is 0.294. The van der Waals surface area contributed by atoms with Crippen LogP contribution in [0.5, 0.6) is 0 Å². The average Bonchev–Trinajstić information content (AvgIpc) is 3.01. The summed E-state index contributed by atoms with van der Waals surface area (Å²) in [7, 11) is -1.29. The van der Waals surface area contributed by atoms with E-state index in [0.29, 0.717) is 45.6 Å². The number of carbonyl (C=O) groups is 2. The van der Waals surface area contributed by atoms with Crippen molar-refractivity contribution in [3.05, 3.63) is 71.8 Å². The lowest BCUT2D eigenvalue weighted by Gasteiger charge is -2.44. The fourth-order valence-corrected chi connectivity index (χ4v) is 4.76. The second-order valence-electron chi connectivity index (χ2n) is 10.5. The molecule has 0 spiro atoms. The fraction of sp³-hybridized carbons (Fsp3) is 0.500. The van der Waals surface area contributed by atoms with Crippen LogP contribution in [0.3, 0.4) is 0 Å². The van der Waals surface area contributed by atoms with Crippen molar-refractivity contribution in [2.45, 2.75) is 38.4 Å². The van der Waals surface area contributed by atoms with Crippen molar-refractivity contribution in [3.63, 3.8) is 0 Å². The van der Waals surface area contributed by atoms with Gasteiger partial charge in [0.15, 0.2) is 0 Å². The number of nitrogens with zero attached hydrogens (tertiary/aromatic N) is 2. The predicted octanol–water partition coefficient (Wildman–Crippen LogP) is 4.55. The van der Waals surface area contributed by atoms with Crippen molar-refractivity contribution in [1.29, 1.82) is 0 Å². The first-order valence-corrected chi connectivity index (χ1v) is 14.4. The number of carbonyl (C=O) groups excluding carboxylic acids is 2. The van der Waals surface area contributed by atoms with Gasteiger partial charge in [0.1, 0.15) is 0 Å². The Labute approximate surface area is 207 Å². The van der Waals surface area contributed by atoms with Gasteiger partial charge in [-0.25, -0.2) is 0 Å². The zero-order chi connectivity index (χ0) is 24.8. The summed E-state index contributed by atoms with van der Waals surface area (Å²) in [6, 6.07) is 19.7. The third kappa shape index (κ3) is 7.34. The first kappa shape index (κ1) is 26.3. The molecular formula is C28H40N2O3S. The summed E-state index contributed by atoms with van der Waals surface area (Å²) in [6.45, 7) is 9.50. The van der Waals surface area contributed by atoms with Gasteiger partial charge in [0.25, 0.3) is 0 Å². The normalized spacial score (nSPS) is 16.3. The minimum absolute atomic E-state index is 0.0589. The maximum absolute atomic E-state index is 13.2. The summed E-state index contributed by atoms with van der Waals surface area (Å²) in [6.07, 6.45) is 5.15. The lowest BCUT2D eigenvalue weighted by molar-refractivity contribution is -0.132. The van der Waals surface area contributed by atoms with Crippen LogP contribution >= 0.6 is 10.3 Å². The topological polar surface area (TPSA) is 49.9 Å². The van der Waals surface area contributed by atoms with Gasteiger partial charge in [-0.05, 0) is 23.6 Å². The zero-order valence-corrected chi connectivity index (χ0v) is 22.1. The van der Waals surface area contributed by atoms with Gasteiger partial charge in [0.05, 0.1) is 19.4 Å². The molecule has 2 aromatic rings. The van der Waals surface area contributed by atoms with Crippen molar-refractivity contribution in [2.75, 3.05) is 45.3 Å². The van der Waals surface area contributed by atoms with E-state index in [1.165, 1.54) is 0 Å². The third-order valence-electron chi connectivity index (χ3n) is 6.77. The van der Waals surface area contributed by atoms with Crippen LogP contribution in [0.2, 0.25) is 0 Å². The molecule has 2 amide bonds. The molecule has 0 bridgehead atoms. The maximum atomic E-state index is 13.2. The molecule has 0 saturated carbocycles. The van der Waals surface area contributed by atoms with Crippen LogP contribution in [0.1, 0.15) is 31.9 Å². The average molecular weight is 485 g/mol. The van der Waals surface area contributed by atoms with Crippen LogP contribution in [0.4, 0.5) is 0 Å². The van der Waals surface area contributed by atoms with E-state index in [0.717, 1.165) is 11.1 Å². The smallest absolute Gasteiger partial charge is 0.227 e.